The quantitative estimate of drug-likeness (QED) is 0.822. The standard InChI is InChI=1S/C13H15N5/c1-17-6-7-18(11-5-3-2-4-10(11)17)13-9-15-8-12(14)16-13/h2-5,8-9H,6-7H2,1H3,(H2,14,16). The van der Waals surface area contributed by atoms with E-state index in [1.807, 2.05) is 12.1 Å². The van der Waals surface area contributed by atoms with Crippen LogP contribution < -0.4 is 15.5 Å². The first-order chi connectivity index (χ1) is 8.75. The molecular formula is C13H15N5. The Balaban J connectivity index is 2.07. The van der Waals surface area contributed by atoms with Crippen molar-refractivity contribution in [3.8, 4) is 0 Å². The smallest absolute Gasteiger partial charge is 0.154 e. The third-order valence-electron chi connectivity index (χ3n) is 3.16. The topological polar surface area (TPSA) is 58.3 Å². The van der Waals surface area contributed by atoms with Gasteiger partial charge in [-0.05, 0) is 12.1 Å². The highest BCUT2D eigenvalue weighted by Crippen LogP contribution is 2.35. The minimum Gasteiger partial charge on any atom is -0.382 e. The molecule has 18 heavy (non-hydrogen) atoms. The van der Waals surface area contributed by atoms with Crippen LogP contribution >= 0.6 is 0 Å². The molecule has 1 aliphatic rings. The van der Waals surface area contributed by atoms with Crippen molar-refractivity contribution in [1.29, 1.82) is 0 Å². The molecule has 0 saturated carbocycles. The number of hydrogen-bond donors (Lipinski definition) is 1. The first-order valence-corrected chi connectivity index (χ1v) is 5.91. The lowest BCUT2D eigenvalue weighted by atomic mass is 10.2. The van der Waals surface area contributed by atoms with Crippen molar-refractivity contribution in [2.24, 2.45) is 0 Å². The zero-order valence-electron chi connectivity index (χ0n) is 10.2. The van der Waals surface area contributed by atoms with Crippen LogP contribution in [0.1, 0.15) is 0 Å². The fourth-order valence-electron chi connectivity index (χ4n) is 2.24. The number of fused-ring (bicyclic) bond motifs is 1. The molecule has 0 unspecified atom stereocenters. The normalized spacial score (nSPS) is 14.5. The van der Waals surface area contributed by atoms with Gasteiger partial charge in [-0.2, -0.15) is 0 Å². The molecule has 0 spiro atoms. The van der Waals surface area contributed by atoms with E-state index in [0.717, 1.165) is 24.6 Å². The Morgan fingerprint density at radius 3 is 2.67 bits per heavy atom. The summed E-state index contributed by atoms with van der Waals surface area (Å²) in [5.41, 5.74) is 8.05. The zero-order valence-corrected chi connectivity index (χ0v) is 10.2. The number of aromatic nitrogens is 2. The van der Waals surface area contributed by atoms with Crippen molar-refractivity contribution >= 4 is 23.0 Å². The van der Waals surface area contributed by atoms with E-state index in [4.69, 9.17) is 5.73 Å². The Hall–Kier alpha value is -2.30. The van der Waals surface area contributed by atoms with Crippen molar-refractivity contribution in [1.82, 2.24) is 9.97 Å². The number of likely N-dealkylation sites (N-methyl/N-ethyl adjacent to an activating group) is 1. The molecular weight excluding hydrogens is 226 g/mol. The van der Waals surface area contributed by atoms with E-state index in [1.54, 1.807) is 12.4 Å². The maximum absolute atomic E-state index is 5.70. The van der Waals surface area contributed by atoms with E-state index in [0.29, 0.717) is 5.82 Å². The lowest BCUT2D eigenvalue weighted by Crippen LogP contribution is -2.36. The van der Waals surface area contributed by atoms with Gasteiger partial charge in [0, 0.05) is 20.1 Å². The third kappa shape index (κ3) is 1.73. The van der Waals surface area contributed by atoms with Gasteiger partial charge < -0.3 is 15.5 Å². The van der Waals surface area contributed by atoms with Gasteiger partial charge in [-0.1, -0.05) is 12.1 Å². The van der Waals surface area contributed by atoms with Crippen LogP contribution in [0, 0.1) is 0 Å². The van der Waals surface area contributed by atoms with Gasteiger partial charge in [0.25, 0.3) is 0 Å². The number of nitrogen functional groups attached to an aromatic ring is 1. The average molecular weight is 241 g/mol. The molecule has 0 fully saturated rings. The van der Waals surface area contributed by atoms with Crippen LogP contribution in [0.3, 0.4) is 0 Å². The molecule has 0 bridgehead atoms. The van der Waals surface area contributed by atoms with Crippen molar-refractivity contribution in [3.05, 3.63) is 36.7 Å². The third-order valence-corrected chi connectivity index (χ3v) is 3.16. The highest BCUT2D eigenvalue weighted by molar-refractivity contribution is 5.78. The van der Waals surface area contributed by atoms with E-state index in [2.05, 4.69) is 38.9 Å². The second-order valence-electron chi connectivity index (χ2n) is 4.36. The Bertz CT molecular complexity index is 569. The van der Waals surface area contributed by atoms with Gasteiger partial charge in [0.1, 0.15) is 5.82 Å². The highest BCUT2D eigenvalue weighted by atomic mass is 15.3. The van der Waals surface area contributed by atoms with Gasteiger partial charge in [-0.25, -0.2) is 4.98 Å². The first-order valence-electron chi connectivity index (χ1n) is 5.91. The molecule has 2 N–H and O–H groups in total. The summed E-state index contributed by atoms with van der Waals surface area (Å²) >= 11 is 0. The van der Waals surface area contributed by atoms with Crippen molar-refractivity contribution in [3.63, 3.8) is 0 Å². The Labute approximate surface area is 106 Å². The minimum atomic E-state index is 0.448. The summed E-state index contributed by atoms with van der Waals surface area (Å²) < 4.78 is 0. The predicted octanol–water partition coefficient (Wildman–Crippen LogP) is 1.65. The largest absolute Gasteiger partial charge is 0.382 e. The van der Waals surface area contributed by atoms with Crippen LogP contribution in [0.4, 0.5) is 23.0 Å². The van der Waals surface area contributed by atoms with Crippen LogP contribution in [0.25, 0.3) is 0 Å². The maximum atomic E-state index is 5.70. The number of hydrogen-bond acceptors (Lipinski definition) is 5. The van der Waals surface area contributed by atoms with E-state index >= 15 is 0 Å². The van der Waals surface area contributed by atoms with Crippen molar-refractivity contribution in [2.45, 2.75) is 0 Å². The number of para-hydroxylation sites is 2. The molecule has 1 aliphatic heterocycles. The molecule has 3 rings (SSSR count). The number of nitrogens with two attached hydrogens (primary N) is 1. The van der Waals surface area contributed by atoms with Gasteiger partial charge in [0.15, 0.2) is 5.82 Å². The van der Waals surface area contributed by atoms with Crippen molar-refractivity contribution < 1.29 is 0 Å². The summed E-state index contributed by atoms with van der Waals surface area (Å²) in [5, 5.41) is 0. The second kappa shape index (κ2) is 4.18. The predicted molar refractivity (Wildman–Crippen MR) is 73.2 cm³/mol. The van der Waals surface area contributed by atoms with Gasteiger partial charge in [0.05, 0.1) is 23.8 Å². The molecule has 5 heteroatoms. The van der Waals surface area contributed by atoms with E-state index in [1.165, 1.54) is 5.69 Å². The molecule has 1 aromatic carbocycles. The number of anilines is 4. The molecule has 0 amide bonds. The number of rotatable bonds is 1. The van der Waals surface area contributed by atoms with Gasteiger partial charge in [-0.3, -0.25) is 4.98 Å². The molecule has 0 aliphatic carbocycles. The monoisotopic (exact) mass is 241 g/mol. The fraction of sp³-hybridized carbons (Fsp3) is 0.231. The van der Waals surface area contributed by atoms with E-state index in [-0.39, 0.29) is 0 Å². The Kier molecular flexibility index (Phi) is 2.51. The molecule has 5 nitrogen and oxygen atoms in total. The van der Waals surface area contributed by atoms with Crippen LogP contribution in [0.15, 0.2) is 36.7 Å². The summed E-state index contributed by atoms with van der Waals surface area (Å²) in [6.45, 7) is 1.83. The second-order valence-corrected chi connectivity index (χ2v) is 4.36. The first kappa shape index (κ1) is 10.8. The number of nitrogens with zero attached hydrogens (tertiary/aromatic N) is 4. The summed E-state index contributed by atoms with van der Waals surface area (Å²) in [7, 11) is 2.10. The molecule has 0 saturated heterocycles. The lowest BCUT2D eigenvalue weighted by Gasteiger charge is -2.36. The van der Waals surface area contributed by atoms with Crippen LogP contribution in [0.2, 0.25) is 0 Å². The summed E-state index contributed by atoms with van der Waals surface area (Å²) in [6.07, 6.45) is 3.31. The Morgan fingerprint density at radius 2 is 1.89 bits per heavy atom. The molecule has 0 atom stereocenters. The summed E-state index contributed by atoms with van der Waals surface area (Å²) in [4.78, 5) is 12.8. The summed E-state index contributed by atoms with van der Waals surface area (Å²) in [5.74, 6) is 1.25. The molecule has 1 aromatic heterocycles. The maximum Gasteiger partial charge on any atom is 0.154 e. The fourth-order valence-corrected chi connectivity index (χ4v) is 2.24. The van der Waals surface area contributed by atoms with E-state index in [9.17, 15) is 0 Å². The summed E-state index contributed by atoms with van der Waals surface area (Å²) in [6, 6.07) is 8.28. The van der Waals surface area contributed by atoms with E-state index < -0.39 is 0 Å². The lowest BCUT2D eigenvalue weighted by molar-refractivity contribution is 0.811. The average Bonchev–Trinajstić information content (AvgIpc) is 2.39. The van der Waals surface area contributed by atoms with Crippen LogP contribution in [-0.2, 0) is 0 Å². The molecule has 0 radical (unpaired) electrons. The van der Waals surface area contributed by atoms with Gasteiger partial charge >= 0.3 is 0 Å². The van der Waals surface area contributed by atoms with Gasteiger partial charge in [0.2, 0.25) is 0 Å². The minimum absolute atomic E-state index is 0.448. The highest BCUT2D eigenvalue weighted by Gasteiger charge is 2.21. The van der Waals surface area contributed by atoms with Gasteiger partial charge in [-0.15, -0.1) is 0 Å². The van der Waals surface area contributed by atoms with Crippen molar-refractivity contribution in [2.75, 3.05) is 35.7 Å². The van der Waals surface area contributed by atoms with Crippen LogP contribution in [-0.4, -0.2) is 30.1 Å². The molecule has 92 valence electrons. The van der Waals surface area contributed by atoms with Crippen LogP contribution in [0.5, 0.6) is 0 Å². The Morgan fingerprint density at radius 1 is 1.11 bits per heavy atom. The SMILES string of the molecule is CN1CCN(c2cncc(N)n2)c2ccccc21. The molecule has 2 aromatic rings. The molecule has 2 heterocycles. The number of benzene rings is 1. The zero-order chi connectivity index (χ0) is 12.5.